The van der Waals surface area contributed by atoms with E-state index in [1.165, 1.54) is 43.2 Å². The summed E-state index contributed by atoms with van der Waals surface area (Å²) >= 11 is 0. The lowest BCUT2D eigenvalue weighted by atomic mass is 10.1. The Balaban J connectivity index is -0.00000225. The number of unbranched alkanes of at least 4 members (excludes halogenated alkanes) is 4. The normalized spacial score (nSPS) is 9.70. The third kappa shape index (κ3) is 21.7. The number of hydrogen-bond donors (Lipinski definition) is 4. The molecule has 0 amide bonds. The van der Waals surface area contributed by atoms with Crippen molar-refractivity contribution in [2.24, 2.45) is 0 Å². The highest BCUT2D eigenvalue weighted by molar-refractivity contribution is 5.86. The van der Waals surface area contributed by atoms with Crippen LogP contribution in [0, 0.1) is 0 Å². The Bertz CT molecular complexity index is 552. The van der Waals surface area contributed by atoms with Gasteiger partial charge in [-0.1, -0.05) is 79.9 Å². The summed E-state index contributed by atoms with van der Waals surface area (Å²) in [6, 6.07) is 21.2. The van der Waals surface area contributed by atoms with Crippen LogP contribution in [0.25, 0.3) is 0 Å². The fourth-order valence-corrected chi connectivity index (χ4v) is 3.29. The lowest BCUT2D eigenvalue weighted by Crippen LogP contribution is -2.27. The van der Waals surface area contributed by atoms with Crippen LogP contribution in [-0.4, -0.2) is 39.3 Å². The largest absolute Gasteiger partial charge is 0.315 e. The molecule has 0 aliphatic rings. The smallest absolute Gasteiger partial charge is 0.0206 e. The van der Waals surface area contributed by atoms with Crippen molar-refractivity contribution in [3.05, 3.63) is 71.8 Å². The van der Waals surface area contributed by atoms with E-state index in [1.54, 1.807) is 0 Å². The van der Waals surface area contributed by atoms with Crippen molar-refractivity contribution < 1.29 is 0 Å². The fourth-order valence-electron chi connectivity index (χ4n) is 3.29. The van der Waals surface area contributed by atoms with E-state index in [0.717, 1.165) is 52.4 Å². The Kier molecular flexibility index (Phi) is 31.0. The summed E-state index contributed by atoms with van der Waals surface area (Å²) in [5, 5.41) is 14.0. The molecular weight excluding hydrogens is 498 g/mol. The average Bonchev–Trinajstić information content (AvgIpc) is 2.77. The van der Waals surface area contributed by atoms with E-state index in [0.29, 0.717) is 0 Å². The molecule has 2 aromatic carbocycles. The first kappa shape index (κ1) is 37.0. The molecule has 0 spiro atoms. The molecule has 0 bridgehead atoms. The lowest BCUT2D eigenvalue weighted by Gasteiger charge is -2.08. The Hall–Kier alpha value is -0.560. The maximum atomic E-state index is 3.53. The average molecular weight is 542 g/mol. The van der Waals surface area contributed by atoms with E-state index in [-0.39, 0.29) is 49.6 Å². The minimum absolute atomic E-state index is 0. The van der Waals surface area contributed by atoms with Crippen molar-refractivity contribution in [3.63, 3.8) is 0 Å². The fraction of sp³-hybridized carbons (Fsp3) is 0.520. The van der Waals surface area contributed by atoms with Gasteiger partial charge in [-0.15, -0.1) is 49.6 Å². The van der Waals surface area contributed by atoms with Crippen molar-refractivity contribution in [2.45, 2.75) is 45.2 Å². The first-order chi connectivity index (χ1) is 14.4. The number of benzene rings is 2. The Morgan fingerprint density at radius 3 is 1.09 bits per heavy atom. The maximum absolute atomic E-state index is 3.53. The van der Waals surface area contributed by atoms with Gasteiger partial charge in [0.05, 0.1) is 0 Å². The minimum Gasteiger partial charge on any atom is -0.315 e. The number of nitrogens with one attached hydrogen (secondary N) is 4. The van der Waals surface area contributed by atoms with Crippen LogP contribution in [0.5, 0.6) is 0 Å². The molecule has 0 fully saturated rings. The second-order valence-electron chi connectivity index (χ2n) is 7.59. The van der Waals surface area contributed by atoms with Gasteiger partial charge in [-0.3, -0.25) is 0 Å². The van der Waals surface area contributed by atoms with Crippen molar-refractivity contribution in [3.8, 4) is 0 Å². The second-order valence-corrected chi connectivity index (χ2v) is 7.59. The zero-order chi connectivity index (χ0) is 20.2. The van der Waals surface area contributed by atoms with Gasteiger partial charge in [0, 0.05) is 39.3 Å². The summed E-state index contributed by atoms with van der Waals surface area (Å²) in [5.74, 6) is 0. The summed E-state index contributed by atoms with van der Waals surface area (Å²) in [6.45, 7) is 8.35. The van der Waals surface area contributed by atoms with Crippen molar-refractivity contribution in [1.29, 1.82) is 0 Å². The van der Waals surface area contributed by atoms with E-state index < -0.39 is 0 Å². The highest BCUT2D eigenvalue weighted by Crippen LogP contribution is 2.01. The van der Waals surface area contributed by atoms with E-state index in [4.69, 9.17) is 0 Å². The molecule has 0 heterocycles. The molecule has 0 saturated heterocycles. The number of hydrogen-bond acceptors (Lipinski definition) is 4. The molecule has 8 heteroatoms. The molecule has 2 aromatic rings. The first-order valence-electron chi connectivity index (χ1n) is 11.4. The van der Waals surface area contributed by atoms with Crippen LogP contribution in [-0.2, 0) is 13.1 Å². The zero-order valence-corrected chi connectivity index (χ0v) is 22.9. The molecule has 33 heavy (non-hydrogen) atoms. The van der Waals surface area contributed by atoms with Gasteiger partial charge in [0.15, 0.2) is 0 Å². The number of halogens is 4. The van der Waals surface area contributed by atoms with E-state index in [2.05, 4.69) is 81.9 Å². The summed E-state index contributed by atoms with van der Waals surface area (Å²) < 4.78 is 0. The van der Waals surface area contributed by atoms with E-state index >= 15 is 0 Å². The molecule has 0 aromatic heterocycles. The van der Waals surface area contributed by atoms with Gasteiger partial charge >= 0.3 is 0 Å². The van der Waals surface area contributed by atoms with Gasteiger partial charge in [0.1, 0.15) is 0 Å². The molecule has 0 aliphatic heterocycles. The number of rotatable bonds is 18. The summed E-state index contributed by atoms with van der Waals surface area (Å²) in [4.78, 5) is 0. The lowest BCUT2D eigenvalue weighted by molar-refractivity contribution is 0.541. The van der Waals surface area contributed by atoms with Crippen LogP contribution in [0.15, 0.2) is 60.7 Å². The molecule has 0 aliphatic carbocycles. The summed E-state index contributed by atoms with van der Waals surface area (Å²) in [6.07, 6.45) is 6.60. The zero-order valence-electron chi connectivity index (χ0n) is 19.6. The third-order valence-corrected chi connectivity index (χ3v) is 5.01. The molecule has 0 unspecified atom stereocenters. The third-order valence-electron chi connectivity index (χ3n) is 5.01. The van der Waals surface area contributed by atoms with Crippen LogP contribution in [0.1, 0.15) is 43.2 Å². The molecule has 0 radical (unpaired) electrons. The van der Waals surface area contributed by atoms with Crippen LogP contribution in [0.2, 0.25) is 0 Å². The molecular formula is C25H44Cl4N4. The first-order valence-corrected chi connectivity index (χ1v) is 11.4. The van der Waals surface area contributed by atoms with E-state index in [1.807, 2.05) is 0 Å². The van der Waals surface area contributed by atoms with Gasteiger partial charge in [0.2, 0.25) is 0 Å². The van der Waals surface area contributed by atoms with Crippen LogP contribution >= 0.6 is 49.6 Å². The molecule has 4 nitrogen and oxygen atoms in total. The molecule has 192 valence electrons. The highest BCUT2D eigenvalue weighted by Gasteiger charge is 1.94. The molecule has 2 rings (SSSR count). The van der Waals surface area contributed by atoms with Gasteiger partial charge < -0.3 is 21.3 Å². The van der Waals surface area contributed by atoms with Crippen LogP contribution in [0.3, 0.4) is 0 Å². The van der Waals surface area contributed by atoms with Crippen molar-refractivity contribution in [2.75, 3.05) is 39.3 Å². The van der Waals surface area contributed by atoms with Crippen LogP contribution in [0.4, 0.5) is 0 Å². The molecule has 0 saturated carbocycles. The Morgan fingerprint density at radius 2 is 0.697 bits per heavy atom. The summed E-state index contributed by atoms with van der Waals surface area (Å²) in [7, 11) is 0. The highest BCUT2D eigenvalue weighted by atomic mass is 35.5. The van der Waals surface area contributed by atoms with E-state index in [9.17, 15) is 0 Å². The van der Waals surface area contributed by atoms with Crippen LogP contribution < -0.4 is 21.3 Å². The standard InChI is InChI=1S/C25H40N4.4ClH/c1(2-10-16-26-18-20-28-22-24-12-6-4-7-13-24)3-11-17-27-19-21-29-23-25-14-8-5-9-15-25;;;;/h4-9,12-15,26-29H,1-3,10-11,16-23H2;4*1H. The predicted octanol–water partition coefficient (Wildman–Crippen LogP) is 5.38. The topological polar surface area (TPSA) is 48.1 Å². The van der Waals surface area contributed by atoms with Gasteiger partial charge in [-0.2, -0.15) is 0 Å². The monoisotopic (exact) mass is 540 g/mol. The second kappa shape index (κ2) is 27.7. The molecule has 4 N–H and O–H groups in total. The van der Waals surface area contributed by atoms with Gasteiger partial charge in [0.25, 0.3) is 0 Å². The predicted molar refractivity (Wildman–Crippen MR) is 154 cm³/mol. The Labute approximate surface area is 226 Å². The molecule has 0 atom stereocenters. The minimum atomic E-state index is 0. The maximum Gasteiger partial charge on any atom is 0.0206 e. The quantitative estimate of drug-likeness (QED) is 0.191. The van der Waals surface area contributed by atoms with Gasteiger partial charge in [-0.05, 0) is 37.1 Å². The van der Waals surface area contributed by atoms with Crippen molar-refractivity contribution >= 4 is 49.6 Å². The van der Waals surface area contributed by atoms with Crippen molar-refractivity contribution in [1.82, 2.24) is 21.3 Å². The SMILES string of the molecule is Cl.Cl.Cl.Cl.c1ccc(CNCCNCCCCCCCNCCNCc2ccccc2)cc1. The Morgan fingerprint density at radius 1 is 0.364 bits per heavy atom. The summed E-state index contributed by atoms with van der Waals surface area (Å²) in [5.41, 5.74) is 2.70. The van der Waals surface area contributed by atoms with Gasteiger partial charge in [-0.25, -0.2) is 0 Å².